The molecule has 0 unspecified atom stereocenters. The summed E-state index contributed by atoms with van der Waals surface area (Å²) in [4.78, 5) is 0. The van der Waals surface area contributed by atoms with Crippen LogP contribution in [0.25, 0.3) is 0 Å². The number of hydrogen-bond acceptors (Lipinski definition) is 3. The van der Waals surface area contributed by atoms with Crippen LogP contribution in [0.2, 0.25) is 6.04 Å². The minimum Gasteiger partial charge on any atom is -0.373 e. The van der Waals surface area contributed by atoms with E-state index in [1.165, 1.54) is 0 Å². The maximum Gasteiger partial charge on any atom is 0.504 e. The Balaban J connectivity index is 4.42. The van der Waals surface area contributed by atoms with Crippen molar-refractivity contribution in [3.8, 4) is 0 Å². The predicted octanol–water partition coefficient (Wildman–Crippen LogP) is 4.56. The van der Waals surface area contributed by atoms with Gasteiger partial charge < -0.3 is 13.3 Å². The Morgan fingerprint density at radius 1 is 0.789 bits per heavy atom. The molecule has 0 heterocycles. The fourth-order valence-electron chi connectivity index (χ4n) is 1.59. The van der Waals surface area contributed by atoms with Crippen molar-refractivity contribution in [2.75, 3.05) is 19.8 Å². The Bertz CT molecular complexity index is 183. The Labute approximate surface area is 120 Å². The standard InChI is InChI=1S/C15H32O3Si/c1-5-9-12-16-19(15-8-4,17-13-10-6-2)18-14-11-7-3/h8H,4-7,9-15H2,1-3H3. The molecule has 0 saturated heterocycles. The van der Waals surface area contributed by atoms with Gasteiger partial charge in [-0.15, -0.1) is 6.58 Å². The molecule has 4 heteroatoms. The van der Waals surface area contributed by atoms with Gasteiger partial charge in [0, 0.05) is 25.9 Å². The molecule has 0 bridgehead atoms. The molecule has 0 aromatic carbocycles. The maximum absolute atomic E-state index is 6.03. The third-order valence-corrected chi connectivity index (χ3v) is 5.57. The highest BCUT2D eigenvalue weighted by molar-refractivity contribution is 6.61. The molecular formula is C15H32O3Si. The maximum atomic E-state index is 6.03. The topological polar surface area (TPSA) is 27.7 Å². The molecule has 0 rings (SSSR count). The van der Waals surface area contributed by atoms with E-state index in [0.717, 1.165) is 58.3 Å². The Hall–Kier alpha value is -0.163. The van der Waals surface area contributed by atoms with Gasteiger partial charge in [-0.3, -0.25) is 0 Å². The van der Waals surface area contributed by atoms with Crippen LogP contribution >= 0.6 is 0 Å². The van der Waals surface area contributed by atoms with Gasteiger partial charge in [0.05, 0.1) is 0 Å². The molecule has 0 aliphatic rings. The van der Waals surface area contributed by atoms with Gasteiger partial charge in [0.15, 0.2) is 0 Å². The van der Waals surface area contributed by atoms with Crippen LogP contribution in [0.15, 0.2) is 12.7 Å². The quantitative estimate of drug-likeness (QED) is 0.266. The largest absolute Gasteiger partial charge is 0.504 e. The first-order chi connectivity index (χ1) is 9.24. The van der Waals surface area contributed by atoms with Crippen LogP contribution in [0, 0.1) is 0 Å². The molecule has 0 aliphatic carbocycles. The summed E-state index contributed by atoms with van der Waals surface area (Å²) in [5.74, 6) is 0. The minimum atomic E-state index is -2.53. The van der Waals surface area contributed by atoms with Crippen LogP contribution in [0.3, 0.4) is 0 Å². The van der Waals surface area contributed by atoms with Crippen molar-refractivity contribution < 1.29 is 13.3 Å². The highest BCUT2D eigenvalue weighted by Crippen LogP contribution is 2.18. The first kappa shape index (κ1) is 18.8. The summed E-state index contributed by atoms with van der Waals surface area (Å²) >= 11 is 0. The summed E-state index contributed by atoms with van der Waals surface area (Å²) in [5, 5.41) is 0. The van der Waals surface area contributed by atoms with E-state index in [1.807, 2.05) is 6.08 Å². The lowest BCUT2D eigenvalue weighted by atomic mass is 10.4. The van der Waals surface area contributed by atoms with E-state index in [4.69, 9.17) is 13.3 Å². The molecule has 0 saturated carbocycles. The summed E-state index contributed by atoms with van der Waals surface area (Å²) in [6.45, 7) is 12.5. The minimum absolute atomic E-state index is 0.712. The molecule has 0 aromatic heterocycles. The second-order valence-electron chi connectivity index (χ2n) is 4.78. The highest BCUT2D eigenvalue weighted by Gasteiger charge is 2.39. The molecule has 0 radical (unpaired) electrons. The van der Waals surface area contributed by atoms with Crippen molar-refractivity contribution in [3.63, 3.8) is 0 Å². The van der Waals surface area contributed by atoms with Crippen LogP contribution in [-0.2, 0) is 13.3 Å². The Morgan fingerprint density at radius 3 is 1.42 bits per heavy atom. The summed E-state index contributed by atoms with van der Waals surface area (Å²) in [7, 11) is -2.53. The van der Waals surface area contributed by atoms with Crippen LogP contribution in [-0.4, -0.2) is 28.6 Å². The van der Waals surface area contributed by atoms with E-state index in [2.05, 4.69) is 27.4 Å². The fraction of sp³-hybridized carbons (Fsp3) is 0.867. The van der Waals surface area contributed by atoms with Crippen LogP contribution in [0.4, 0.5) is 0 Å². The summed E-state index contributed by atoms with van der Waals surface area (Å²) < 4.78 is 18.1. The molecule has 0 aromatic rings. The van der Waals surface area contributed by atoms with E-state index in [9.17, 15) is 0 Å². The van der Waals surface area contributed by atoms with E-state index in [1.54, 1.807) is 0 Å². The first-order valence-corrected chi connectivity index (χ1v) is 9.70. The van der Waals surface area contributed by atoms with E-state index < -0.39 is 8.80 Å². The van der Waals surface area contributed by atoms with Gasteiger partial charge >= 0.3 is 8.80 Å². The number of hydrogen-bond donors (Lipinski definition) is 0. The van der Waals surface area contributed by atoms with E-state index >= 15 is 0 Å². The predicted molar refractivity (Wildman–Crippen MR) is 83.3 cm³/mol. The molecule has 114 valence electrons. The van der Waals surface area contributed by atoms with Crippen molar-refractivity contribution in [1.29, 1.82) is 0 Å². The molecule has 0 atom stereocenters. The average Bonchev–Trinajstić information content (AvgIpc) is 2.40. The van der Waals surface area contributed by atoms with Gasteiger partial charge in [-0.2, -0.15) is 0 Å². The SMILES string of the molecule is C=CC[Si](OCCCC)(OCCCC)OCCCC. The zero-order valence-corrected chi connectivity index (χ0v) is 14.1. The van der Waals surface area contributed by atoms with Gasteiger partial charge in [0.2, 0.25) is 0 Å². The summed E-state index contributed by atoms with van der Waals surface area (Å²) in [6.07, 6.45) is 8.42. The number of unbranched alkanes of at least 4 members (excludes halogenated alkanes) is 3. The van der Waals surface area contributed by atoms with Crippen LogP contribution < -0.4 is 0 Å². The second-order valence-corrected chi connectivity index (χ2v) is 7.42. The molecule has 0 amide bonds. The lowest BCUT2D eigenvalue weighted by Gasteiger charge is -2.29. The first-order valence-electron chi connectivity index (χ1n) is 7.77. The van der Waals surface area contributed by atoms with Crippen molar-refractivity contribution in [1.82, 2.24) is 0 Å². The summed E-state index contributed by atoms with van der Waals surface area (Å²) in [5.41, 5.74) is 0. The molecule has 0 spiro atoms. The lowest BCUT2D eigenvalue weighted by Crippen LogP contribution is -2.46. The van der Waals surface area contributed by atoms with Gasteiger partial charge in [-0.1, -0.05) is 46.1 Å². The summed E-state index contributed by atoms with van der Waals surface area (Å²) in [6, 6.07) is 0.712. The van der Waals surface area contributed by atoms with Crippen LogP contribution in [0.1, 0.15) is 59.3 Å². The Morgan fingerprint density at radius 2 is 1.16 bits per heavy atom. The molecule has 19 heavy (non-hydrogen) atoms. The van der Waals surface area contributed by atoms with Gasteiger partial charge in [0.1, 0.15) is 0 Å². The van der Waals surface area contributed by atoms with Crippen molar-refractivity contribution in [2.45, 2.75) is 65.3 Å². The van der Waals surface area contributed by atoms with Gasteiger partial charge in [0.25, 0.3) is 0 Å². The second kappa shape index (κ2) is 12.8. The highest BCUT2D eigenvalue weighted by atomic mass is 28.4. The van der Waals surface area contributed by atoms with E-state index in [0.29, 0.717) is 6.04 Å². The van der Waals surface area contributed by atoms with Crippen LogP contribution in [0.5, 0.6) is 0 Å². The van der Waals surface area contributed by atoms with Crippen molar-refractivity contribution >= 4 is 8.80 Å². The van der Waals surface area contributed by atoms with Crippen molar-refractivity contribution in [3.05, 3.63) is 12.7 Å². The average molecular weight is 289 g/mol. The zero-order valence-electron chi connectivity index (χ0n) is 13.1. The zero-order chi connectivity index (χ0) is 14.4. The molecule has 3 nitrogen and oxygen atoms in total. The van der Waals surface area contributed by atoms with Gasteiger partial charge in [-0.25, -0.2) is 0 Å². The molecule has 0 fully saturated rings. The smallest absolute Gasteiger partial charge is 0.373 e. The van der Waals surface area contributed by atoms with Crippen molar-refractivity contribution in [2.24, 2.45) is 0 Å². The Kier molecular flexibility index (Phi) is 12.7. The molecular weight excluding hydrogens is 256 g/mol. The number of rotatable bonds is 14. The number of allylic oxidation sites excluding steroid dienone is 1. The third-order valence-electron chi connectivity index (χ3n) is 2.85. The van der Waals surface area contributed by atoms with Gasteiger partial charge in [-0.05, 0) is 19.3 Å². The van der Waals surface area contributed by atoms with E-state index in [-0.39, 0.29) is 0 Å². The monoisotopic (exact) mass is 288 g/mol. The third kappa shape index (κ3) is 9.38. The normalized spacial score (nSPS) is 11.7. The fourth-order valence-corrected chi connectivity index (χ4v) is 3.92. The molecule has 0 N–H and O–H groups in total. The molecule has 0 aliphatic heterocycles. The lowest BCUT2D eigenvalue weighted by molar-refractivity contribution is 0.0590.